The molecule has 2 amide bonds. The quantitative estimate of drug-likeness (QED) is 0.676. The van der Waals surface area contributed by atoms with Crippen LogP contribution in [-0.2, 0) is 4.79 Å². The first-order valence-electron chi connectivity index (χ1n) is 8.14. The Hall–Kier alpha value is -2.50. The molecule has 130 valence electrons. The van der Waals surface area contributed by atoms with Crippen LogP contribution >= 0.6 is 0 Å². The van der Waals surface area contributed by atoms with Gasteiger partial charge >= 0.3 is 12.0 Å². The van der Waals surface area contributed by atoms with Crippen molar-refractivity contribution in [1.29, 1.82) is 0 Å². The van der Waals surface area contributed by atoms with E-state index in [4.69, 9.17) is 9.52 Å². The molecular formula is C18H24N2O4. The number of nitrogens with one attached hydrogen (secondary N) is 2. The van der Waals surface area contributed by atoms with Gasteiger partial charge in [0.05, 0.1) is 6.04 Å². The Labute approximate surface area is 141 Å². The molecule has 0 aliphatic rings. The molecule has 6 heteroatoms. The maximum atomic E-state index is 12.1. The molecular weight excluding hydrogens is 308 g/mol. The zero-order chi connectivity index (χ0) is 17.7. The standard InChI is InChI=1S/C18H24N2O4/c1-11(2)16(20-18(23)19-10-6-9-15(21)22)17-12(3)13-7-4-5-8-14(13)24-17/h4-5,7-8,11,16H,6,9-10H2,1-3H3,(H,21,22)(H2,19,20,23). The van der Waals surface area contributed by atoms with Gasteiger partial charge in [-0.05, 0) is 25.3 Å². The van der Waals surface area contributed by atoms with E-state index in [1.165, 1.54) is 0 Å². The van der Waals surface area contributed by atoms with Crippen LogP contribution in [0.1, 0.15) is 44.1 Å². The lowest BCUT2D eigenvalue weighted by Crippen LogP contribution is -2.40. The molecule has 0 aliphatic carbocycles. The zero-order valence-corrected chi connectivity index (χ0v) is 14.3. The Morgan fingerprint density at radius 1 is 1.25 bits per heavy atom. The topological polar surface area (TPSA) is 91.6 Å². The average molecular weight is 332 g/mol. The van der Waals surface area contributed by atoms with Crippen LogP contribution in [0.25, 0.3) is 11.0 Å². The number of amides is 2. The van der Waals surface area contributed by atoms with Gasteiger partial charge in [-0.2, -0.15) is 0 Å². The molecule has 0 saturated heterocycles. The van der Waals surface area contributed by atoms with Crippen molar-refractivity contribution in [3.63, 3.8) is 0 Å². The van der Waals surface area contributed by atoms with Gasteiger partial charge in [-0.3, -0.25) is 4.79 Å². The summed E-state index contributed by atoms with van der Waals surface area (Å²) in [4.78, 5) is 22.6. The van der Waals surface area contributed by atoms with Gasteiger partial charge in [0.25, 0.3) is 0 Å². The molecule has 1 unspecified atom stereocenters. The number of para-hydroxylation sites is 1. The van der Waals surface area contributed by atoms with E-state index < -0.39 is 5.97 Å². The number of carboxylic acid groups (broad SMARTS) is 1. The number of carbonyl (C=O) groups excluding carboxylic acids is 1. The predicted octanol–water partition coefficient (Wildman–Crippen LogP) is 3.60. The van der Waals surface area contributed by atoms with E-state index in [1.54, 1.807) is 0 Å². The first-order valence-corrected chi connectivity index (χ1v) is 8.14. The van der Waals surface area contributed by atoms with Crippen molar-refractivity contribution in [1.82, 2.24) is 10.6 Å². The molecule has 0 bridgehead atoms. The van der Waals surface area contributed by atoms with Gasteiger partial charge in [-0.15, -0.1) is 0 Å². The molecule has 0 spiro atoms. The van der Waals surface area contributed by atoms with Gasteiger partial charge in [0.15, 0.2) is 0 Å². The lowest BCUT2D eigenvalue weighted by Gasteiger charge is -2.21. The first kappa shape index (κ1) is 17.8. The fourth-order valence-corrected chi connectivity index (χ4v) is 2.66. The summed E-state index contributed by atoms with van der Waals surface area (Å²) >= 11 is 0. The van der Waals surface area contributed by atoms with Crippen LogP contribution in [-0.4, -0.2) is 23.7 Å². The summed E-state index contributed by atoms with van der Waals surface area (Å²) in [6.07, 6.45) is 0.440. The number of carboxylic acids is 1. The maximum Gasteiger partial charge on any atom is 0.315 e. The van der Waals surface area contributed by atoms with Crippen molar-refractivity contribution in [3.8, 4) is 0 Å². The second kappa shape index (κ2) is 7.86. The van der Waals surface area contributed by atoms with Crippen molar-refractivity contribution in [2.24, 2.45) is 5.92 Å². The number of carbonyl (C=O) groups is 2. The number of benzene rings is 1. The van der Waals surface area contributed by atoms with Gasteiger partial charge < -0.3 is 20.2 Å². The summed E-state index contributed by atoms with van der Waals surface area (Å²) in [6, 6.07) is 7.22. The molecule has 1 atom stereocenters. The lowest BCUT2D eigenvalue weighted by atomic mass is 9.98. The summed E-state index contributed by atoms with van der Waals surface area (Å²) in [5.41, 5.74) is 1.83. The molecule has 1 aromatic carbocycles. The number of urea groups is 1. The molecule has 2 aromatic rings. The second-order valence-electron chi connectivity index (χ2n) is 6.21. The molecule has 1 aromatic heterocycles. The highest BCUT2D eigenvalue weighted by Gasteiger charge is 2.24. The Kier molecular flexibility index (Phi) is 5.84. The highest BCUT2D eigenvalue weighted by molar-refractivity contribution is 5.82. The van der Waals surface area contributed by atoms with Crippen LogP contribution in [0.3, 0.4) is 0 Å². The molecule has 24 heavy (non-hydrogen) atoms. The third-order valence-electron chi connectivity index (χ3n) is 3.97. The van der Waals surface area contributed by atoms with Crippen molar-refractivity contribution >= 4 is 23.0 Å². The van der Waals surface area contributed by atoms with E-state index in [1.807, 2.05) is 45.0 Å². The van der Waals surface area contributed by atoms with E-state index >= 15 is 0 Å². The highest BCUT2D eigenvalue weighted by Crippen LogP contribution is 2.32. The number of furan rings is 1. The van der Waals surface area contributed by atoms with E-state index in [0.29, 0.717) is 13.0 Å². The minimum absolute atomic E-state index is 0.0383. The summed E-state index contributed by atoms with van der Waals surface area (Å²) in [5, 5.41) is 15.3. The summed E-state index contributed by atoms with van der Waals surface area (Å²) in [6.45, 7) is 6.34. The molecule has 0 aliphatic heterocycles. The van der Waals surface area contributed by atoms with Crippen LogP contribution < -0.4 is 10.6 Å². The molecule has 0 fully saturated rings. The van der Waals surface area contributed by atoms with E-state index in [0.717, 1.165) is 22.3 Å². The predicted molar refractivity (Wildman–Crippen MR) is 91.9 cm³/mol. The first-order chi connectivity index (χ1) is 11.4. The Morgan fingerprint density at radius 2 is 1.96 bits per heavy atom. The number of aryl methyl sites for hydroxylation is 1. The van der Waals surface area contributed by atoms with E-state index in [2.05, 4.69) is 10.6 Å². The average Bonchev–Trinajstić information content (AvgIpc) is 2.86. The molecule has 3 N–H and O–H groups in total. The van der Waals surface area contributed by atoms with Crippen LogP contribution in [0.2, 0.25) is 0 Å². The highest BCUT2D eigenvalue weighted by atomic mass is 16.4. The maximum absolute atomic E-state index is 12.1. The van der Waals surface area contributed by atoms with Gasteiger partial charge in [0, 0.05) is 23.9 Å². The number of hydrogen-bond donors (Lipinski definition) is 3. The summed E-state index contributed by atoms with van der Waals surface area (Å²) in [7, 11) is 0. The van der Waals surface area contributed by atoms with Crippen molar-refractivity contribution in [2.45, 2.75) is 39.7 Å². The smallest absolute Gasteiger partial charge is 0.315 e. The van der Waals surface area contributed by atoms with Gasteiger partial charge in [0.1, 0.15) is 11.3 Å². The number of aliphatic carboxylic acids is 1. The largest absolute Gasteiger partial charge is 0.481 e. The molecule has 0 saturated carbocycles. The second-order valence-corrected chi connectivity index (χ2v) is 6.21. The normalized spacial score (nSPS) is 12.3. The third-order valence-corrected chi connectivity index (χ3v) is 3.97. The van der Waals surface area contributed by atoms with Crippen molar-refractivity contribution in [3.05, 3.63) is 35.6 Å². The van der Waals surface area contributed by atoms with Gasteiger partial charge in [-0.1, -0.05) is 32.0 Å². The van der Waals surface area contributed by atoms with Crippen LogP contribution in [0.4, 0.5) is 4.79 Å². The molecule has 6 nitrogen and oxygen atoms in total. The molecule has 2 rings (SSSR count). The SMILES string of the molecule is Cc1c(C(NC(=O)NCCCC(=O)O)C(C)C)oc2ccccc12. The molecule has 1 heterocycles. The van der Waals surface area contributed by atoms with Crippen LogP contribution in [0.15, 0.2) is 28.7 Å². The fourth-order valence-electron chi connectivity index (χ4n) is 2.66. The monoisotopic (exact) mass is 332 g/mol. The Balaban J connectivity index is 2.07. The zero-order valence-electron chi connectivity index (χ0n) is 14.3. The minimum Gasteiger partial charge on any atom is -0.481 e. The number of rotatable bonds is 7. The fraction of sp³-hybridized carbons (Fsp3) is 0.444. The lowest BCUT2D eigenvalue weighted by molar-refractivity contribution is -0.137. The summed E-state index contributed by atoms with van der Waals surface area (Å²) in [5.74, 6) is 0.0380. The minimum atomic E-state index is -0.866. The Bertz CT molecular complexity index is 721. The van der Waals surface area contributed by atoms with Crippen molar-refractivity contribution in [2.75, 3.05) is 6.54 Å². The van der Waals surface area contributed by atoms with Crippen LogP contribution in [0, 0.1) is 12.8 Å². The number of hydrogen-bond acceptors (Lipinski definition) is 3. The third kappa shape index (κ3) is 4.28. The van der Waals surface area contributed by atoms with Crippen molar-refractivity contribution < 1.29 is 19.1 Å². The number of fused-ring (bicyclic) bond motifs is 1. The van der Waals surface area contributed by atoms with E-state index in [9.17, 15) is 9.59 Å². The molecule has 0 radical (unpaired) electrons. The van der Waals surface area contributed by atoms with Gasteiger partial charge in [-0.25, -0.2) is 4.79 Å². The van der Waals surface area contributed by atoms with E-state index in [-0.39, 0.29) is 24.4 Å². The Morgan fingerprint density at radius 3 is 2.58 bits per heavy atom. The van der Waals surface area contributed by atoms with Gasteiger partial charge in [0.2, 0.25) is 0 Å². The van der Waals surface area contributed by atoms with Crippen LogP contribution in [0.5, 0.6) is 0 Å². The summed E-state index contributed by atoms with van der Waals surface area (Å²) < 4.78 is 5.96.